The molecular formula is C25H26N6O3. The maximum Gasteiger partial charge on any atom is 0.225 e. The van der Waals surface area contributed by atoms with Gasteiger partial charge in [-0.15, -0.1) is 0 Å². The van der Waals surface area contributed by atoms with E-state index in [0.29, 0.717) is 47.8 Å². The topological polar surface area (TPSA) is 123 Å². The van der Waals surface area contributed by atoms with Gasteiger partial charge in [-0.3, -0.25) is 14.6 Å². The summed E-state index contributed by atoms with van der Waals surface area (Å²) >= 11 is 0. The van der Waals surface area contributed by atoms with Crippen LogP contribution in [-0.4, -0.2) is 37.5 Å². The fourth-order valence-corrected chi connectivity index (χ4v) is 4.20. The lowest BCUT2D eigenvalue weighted by molar-refractivity contribution is -0.116. The van der Waals surface area contributed by atoms with Crippen LogP contribution in [0.2, 0.25) is 0 Å². The molecule has 2 aliphatic heterocycles. The summed E-state index contributed by atoms with van der Waals surface area (Å²) in [6.45, 7) is 8.33. The van der Waals surface area contributed by atoms with Crippen LogP contribution in [0.5, 0.6) is 0 Å². The molecule has 9 heteroatoms. The Morgan fingerprint density at radius 2 is 2.03 bits per heavy atom. The Morgan fingerprint density at radius 1 is 1.21 bits per heavy atom. The monoisotopic (exact) mass is 458 g/mol. The van der Waals surface area contributed by atoms with E-state index in [4.69, 9.17) is 14.5 Å². The minimum atomic E-state index is -0.201. The van der Waals surface area contributed by atoms with E-state index < -0.39 is 0 Å². The molecule has 0 radical (unpaired) electrons. The molecule has 3 aromatic rings. The van der Waals surface area contributed by atoms with Crippen LogP contribution in [0.3, 0.4) is 0 Å². The number of carbonyl (C=O) groups excluding carboxylic acids is 2. The van der Waals surface area contributed by atoms with Crippen LogP contribution in [0.15, 0.2) is 34.0 Å². The predicted molar refractivity (Wildman–Crippen MR) is 126 cm³/mol. The summed E-state index contributed by atoms with van der Waals surface area (Å²) in [5.74, 6) is 0.610. The summed E-state index contributed by atoms with van der Waals surface area (Å²) in [6.07, 6.45) is 2.88. The fraction of sp³-hybridized carbons (Fsp3) is 0.400. The molecule has 0 fully saturated rings. The minimum absolute atomic E-state index is 0.0324. The van der Waals surface area contributed by atoms with Crippen molar-refractivity contribution in [3.05, 3.63) is 58.6 Å². The van der Waals surface area contributed by atoms with E-state index in [-0.39, 0.29) is 29.4 Å². The quantitative estimate of drug-likeness (QED) is 0.571. The Morgan fingerprint density at radius 3 is 2.82 bits per heavy atom. The summed E-state index contributed by atoms with van der Waals surface area (Å²) in [5.41, 5.74) is 5.31. The Kier molecular flexibility index (Phi) is 5.34. The number of carbonyl (C=O) groups is 2. The number of fused-ring (bicyclic) bond motifs is 2. The second kappa shape index (κ2) is 8.23. The summed E-state index contributed by atoms with van der Waals surface area (Å²) in [7, 11) is 0. The van der Waals surface area contributed by atoms with E-state index in [9.17, 15) is 9.59 Å². The molecule has 1 N–H and O–H groups in total. The van der Waals surface area contributed by atoms with Crippen molar-refractivity contribution in [1.82, 2.24) is 20.1 Å². The van der Waals surface area contributed by atoms with E-state index in [1.807, 2.05) is 25.1 Å². The molecule has 3 aromatic heterocycles. The Labute approximate surface area is 197 Å². The van der Waals surface area contributed by atoms with Gasteiger partial charge in [0.25, 0.3) is 0 Å². The number of ketones is 1. The lowest BCUT2D eigenvalue weighted by atomic mass is 9.91. The highest BCUT2D eigenvalue weighted by atomic mass is 16.5. The number of nitrogens with one attached hydrogen (secondary N) is 1. The number of rotatable bonds is 5. The first-order chi connectivity index (χ1) is 16.2. The number of hydrogen-bond acceptors (Lipinski definition) is 8. The van der Waals surface area contributed by atoms with Crippen molar-refractivity contribution in [3.8, 4) is 0 Å². The number of anilines is 1. The highest BCUT2D eigenvalue weighted by Crippen LogP contribution is 2.32. The van der Waals surface area contributed by atoms with Crippen molar-refractivity contribution in [2.75, 3.05) is 5.32 Å². The Bertz CT molecular complexity index is 1330. The van der Waals surface area contributed by atoms with Gasteiger partial charge in [-0.1, -0.05) is 32.9 Å². The maximum absolute atomic E-state index is 13.0. The molecule has 0 aliphatic carbocycles. The molecule has 2 aliphatic rings. The second-order valence-corrected chi connectivity index (χ2v) is 9.89. The zero-order valence-corrected chi connectivity index (χ0v) is 19.7. The van der Waals surface area contributed by atoms with Crippen molar-refractivity contribution in [2.45, 2.75) is 64.7 Å². The Hall–Kier alpha value is -3.75. The van der Waals surface area contributed by atoms with Crippen molar-refractivity contribution >= 4 is 28.9 Å². The average molecular weight is 459 g/mol. The molecule has 1 amide bonds. The molecule has 1 atom stereocenters. The van der Waals surface area contributed by atoms with Crippen LogP contribution in [0.1, 0.15) is 85.3 Å². The number of aromatic nitrogens is 4. The third-order valence-electron chi connectivity index (χ3n) is 6.18. The first-order valence-electron chi connectivity index (χ1n) is 11.4. The van der Waals surface area contributed by atoms with Gasteiger partial charge in [0.1, 0.15) is 29.3 Å². The van der Waals surface area contributed by atoms with Gasteiger partial charge in [-0.05, 0) is 18.6 Å². The molecule has 0 saturated carbocycles. The molecule has 0 aromatic carbocycles. The number of hydrogen-bond donors (Lipinski definition) is 1. The fourth-order valence-electron chi connectivity index (χ4n) is 4.20. The highest BCUT2D eigenvalue weighted by molar-refractivity contribution is 6.05. The lowest BCUT2D eigenvalue weighted by Crippen LogP contribution is -2.23. The standard InChI is InChI=1S/C25H26N6O3/c1-13(9-19(32)23-14-5-8-22(33)30-24(14)27-12-26-23)20-11-18(31-34-20)17-10-16-15(28-17)6-7-21(29-16)25(2,3)4/h6-7,11-13H,5,8-10H2,1-4H3,(H,26,27,30,33)/t13-/m0/s1. The third-order valence-corrected chi connectivity index (χ3v) is 6.18. The van der Waals surface area contributed by atoms with Crippen LogP contribution in [0.4, 0.5) is 11.5 Å². The predicted octanol–water partition coefficient (Wildman–Crippen LogP) is 4.10. The van der Waals surface area contributed by atoms with Gasteiger partial charge in [-0.2, -0.15) is 0 Å². The molecule has 0 bridgehead atoms. The van der Waals surface area contributed by atoms with Crippen molar-refractivity contribution < 1.29 is 14.1 Å². The van der Waals surface area contributed by atoms with E-state index in [1.54, 1.807) is 0 Å². The number of Topliss-reactive ketones (excluding diaryl/α,β-unsaturated/α-hetero) is 1. The normalized spacial score (nSPS) is 15.9. The van der Waals surface area contributed by atoms with Gasteiger partial charge in [-0.25, -0.2) is 15.0 Å². The van der Waals surface area contributed by atoms with E-state index in [0.717, 1.165) is 22.8 Å². The van der Waals surface area contributed by atoms with Crippen LogP contribution >= 0.6 is 0 Å². The first kappa shape index (κ1) is 22.1. The molecular weight excluding hydrogens is 432 g/mol. The van der Waals surface area contributed by atoms with Crippen LogP contribution < -0.4 is 5.32 Å². The third kappa shape index (κ3) is 4.13. The maximum atomic E-state index is 13.0. The van der Waals surface area contributed by atoms with Crippen molar-refractivity contribution in [3.63, 3.8) is 0 Å². The van der Waals surface area contributed by atoms with Crippen LogP contribution in [0.25, 0.3) is 0 Å². The van der Waals surface area contributed by atoms with Crippen molar-refractivity contribution in [1.29, 1.82) is 0 Å². The average Bonchev–Trinajstić information content (AvgIpc) is 3.44. The van der Waals surface area contributed by atoms with Gasteiger partial charge < -0.3 is 9.84 Å². The van der Waals surface area contributed by atoms with Gasteiger partial charge >= 0.3 is 0 Å². The molecule has 0 spiro atoms. The Balaban J connectivity index is 1.30. The molecule has 0 saturated heterocycles. The number of amides is 1. The van der Waals surface area contributed by atoms with Gasteiger partial charge in [0, 0.05) is 47.9 Å². The minimum Gasteiger partial charge on any atom is -0.360 e. The van der Waals surface area contributed by atoms with E-state index >= 15 is 0 Å². The summed E-state index contributed by atoms with van der Waals surface area (Å²) in [6, 6.07) is 5.87. The molecule has 174 valence electrons. The number of nitrogens with zero attached hydrogens (tertiary/aromatic N) is 5. The molecule has 5 heterocycles. The van der Waals surface area contributed by atoms with E-state index in [2.05, 4.69) is 41.2 Å². The number of pyridine rings is 1. The van der Waals surface area contributed by atoms with Gasteiger partial charge in [0.05, 0.1) is 17.1 Å². The van der Waals surface area contributed by atoms with Gasteiger partial charge in [0.2, 0.25) is 5.91 Å². The first-order valence-corrected chi connectivity index (χ1v) is 11.4. The zero-order chi connectivity index (χ0) is 24.0. The smallest absolute Gasteiger partial charge is 0.225 e. The van der Waals surface area contributed by atoms with Crippen LogP contribution in [-0.2, 0) is 23.1 Å². The summed E-state index contributed by atoms with van der Waals surface area (Å²) in [4.78, 5) is 42.4. The molecule has 0 unspecified atom stereocenters. The largest absolute Gasteiger partial charge is 0.360 e. The summed E-state index contributed by atoms with van der Waals surface area (Å²) < 4.78 is 5.59. The number of aliphatic imine (C=N–C) groups is 1. The molecule has 34 heavy (non-hydrogen) atoms. The van der Waals surface area contributed by atoms with Crippen LogP contribution in [0, 0.1) is 0 Å². The lowest BCUT2D eigenvalue weighted by Gasteiger charge is -2.18. The highest BCUT2D eigenvalue weighted by Gasteiger charge is 2.27. The SMILES string of the molecule is C[C@@H](CC(=O)c1ncnc2c1CCC(=O)N2)c1cc(C2=Nc3ccc(C(C)(C)C)nc3C2)no1. The zero-order valence-electron chi connectivity index (χ0n) is 19.7. The molecule has 5 rings (SSSR count). The van der Waals surface area contributed by atoms with E-state index in [1.165, 1.54) is 6.33 Å². The second-order valence-electron chi connectivity index (χ2n) is 9.89. The van der Waals surface area contributed by atoms with Gasteiger partial charge in [0.15, 0.2) is 5.78 Å². The van der Waals surface area contributed by atoms with Crippen molar-refractivity contribution in [2.24, 2.45) is 4.99 Å². The summed E-state index contributed by atoms with van der Waals surface area (Å²) in [5, 5.41) is 6.92. The molecule has 9 nitrogen and oxygen atoms in total.